The van der Waals surface area contributed by atoms with E-state index in [1.54, 1.807) is 13.8 Å². The number of urea groups is 1. The number of thioether (sulfide) groups is 1. The molecule has 10 nitrogen and oxygen atoms in total. The monoisotopic (exact) mass is 488 g/mol. The van der Waals surface area contributed by atoms with Crippen LogP contribution in [-0.2, 0) is 19.1 Å². The first-order valence-corrected chi connectivity index (χ1v) is 12.9. The van der Waals surface area contributed by atoms with Gasteiger partial charge in [-0.05, 0) is 33.1 Å². The fraction of sp³-hybridized carbons (Fsp3) is 0.864. The molecular weight excluding hydrogens is 448 g/mol. The fourth-order valence-corrected chi connectivity index (χ4v) is 5.26. The highest BCUT2D eigenvalue weighted by Gasteiger charge is 2.42. The van der Waals surface area contributed by atoms with E-state index in [4.69, 9.17) is 9.47 Å². The lowest BCUT2D eigenvalue weighted by molar-refractivity contribution is -0.123. The van der Waals surface area contributed by atoms with E-state index in [0.29, 0.717) is 57.6 Å². The summed E-state index contributed by atoms with van der Waals surface area (Å²) in [6.07, 6.45) is 4.03. The lowest BCUT2D eigenvalue weighted by Crippen LogP contribution is -2.36. The Labute approximate surface area is 200 Å². The predicted octanol–water partition coefficient (Wildman–Crippen LogP) is 0.529. The highest BCUT2D eigenvalue weighted by Crippen LogP contribution is 2.33. The SMILES string of the molecule is CC(C)(O)CCC(=O)NCCOCCOCCNC(=O)CCCC[C@@H]1SC[C@H]2NC(=O)N[C@@H]12. The van der Waals surface area contributed by atoms with Crippen LogP contribution >= 0.6 is 11.8 Å². The van der Waals surface area contributed by atoms with Crippen molar-refractivity contribution in [3.63, 3.8) is 0 Å². The molecule has 2 aliphatic heterocycles. The topological polar surface area (TPSA) is 138 Å². The number of carbonyl (C=O) groups excluding carboxylic acids is 3. The van der Waals surface area contributed by atoms with E-state index in [-0.39, 0.29) is 36.3 Å². The number of hydrogen-bond acceptors (Lipinski definition) is 7. The molecule has 2 heterocycles. The molecule has 5 N–H and O–H groups in total. The molecule has 190 valence electrons. The van der Waals surface area contributed by atoms with Crippen LogP contribution in [0, 0.1) is 0 Å². The molecule has 2 saturated heterocycles. The molecule has 2 fully saturated rings. The minimum Gasteiger partial charge on any atom is -0.390 e. The number of amides is 4. The van der Waals surface area contributed by atoms with E-state index in [1.165, 1.54) is 0 Å². The van der Waals surface area contributed by atoms with E-state index in [9.17, 15) is 19.5 Å². The molecule has 4 amide bonds. The van der Waals surface area contributed by atoms with Crippen molar-refractivity contribution < 1.29 is 29.0 Å². The minimum absolute atomic E-state index is 0.0305. The van der Waals surface area contributed by atoms with E-state index < -0.39 is 5.60 Å². The molecule has 0 unspecified atom stereocenters. The van der Waals surface area contributed by atoms with Gasteiger partial charge < -0.3 is 35.8 Å². The molecule has 0 spiro atoms. The summed E-state index contributed by atoms with van der Waals surface area (Å²) < 4.78 is 10.8. The highest BCUT2D eigenvalue weighted by molar-refractivity contribution is 8.00. The molecule has 0 aliphatic carbocycles. The Balaban J connectivity index is 1.33. The third-order valence-corrected chi connectivity index (χ3v) is 7.06. The average molecular weight is 489 g/mol. The zero-order chi connectivity index (χ0) is 24.1. The maximum atomic E-state index is 11.9. The Morgan fingerprint density at radius 3 is 2.30 bits per heavy atom. The fourth-order valence-electron chi connectivity index (χ4n) is 3.72. The number of unbranched alkanes of at least 4 members (excludes halogenated alkanes) is 1. The number of ether oxygens (including phenoxy) is 2. The minimum atomic E-state index is -0.836. The summed E-state index contributed by atoms with van der Waals surface area (Å²) in [5.41, 5.74) is -0.836. The van der Waals surface area contributed by atoms with Crippen molar-refractivity contribution in [2.75, 3.05) is 45.3 Å². The second-order valence-corrected chi connectivity index (χ2v) is 10.4. The third-order valence-electron chi connectivity index (χ3n) is 5.55. The van der Waals surface area contributed by atoms with Gasteiger partial charge in [-0.15, -0.1) is 0 Å². The van der Waals surface area contributed by atoms with Crippen LogP contribution in [0.2, 0.25) is 0 Å². The van der Waals surface area contributed by atoms with Crippen molar-refractivity contribution in [3.05, 3.63) is 0 Å². The predicted molar refractivity (Wildman–Crippen MR) is 127 cm³/mol. The summed E-state index contributed by atoms with van der Waals surface area (Å²) in [4.78, 5) is 34.9. The molecule has 2 rings (SSSR count). The van der Waals surface area contributed by atoms with Crippen LogP contribution in [0.25, 0.3) is 0 Å². The summed E-state index contributed by atoms with van der Waals surface area (Å²) >= 11 is 1.90. The van der Waals surface area contributed by atoms with E-state index >= 15 is 0 Å². The van der Waals surface area contributed by atoms with Crippen LogP contribution in [0.3, 0.4) is 0 Å². The first-order valence-electron chi connectivity index (χ1n) is 11.8. The molecule has 0 aromatic carbocycles. The standard InChI is InChI=1S/C22H40N4O6S/c1-22(2,30)8-7-19(28)24-10-12-32-14-13-31-11-9-23-18(27)6-4-3-5-17-20-16(15-33-17)25-21(29)26-20/h16-17,20,30H,3-15H2,1-2H3,(H,23,27)(H,24,28)(H2,25,26,29)/t16-,17+,20-/m1/s1. The van der Waals surface area contributed by atoms with Crippen LogP contribution in [0.1, 0.15) is 52.4 Å². The largest absolute Gasteiger partial charge is 0.390 e. The second kappa shape index (κ2) is 14.6. The normalized spacial score (nSPS) is 21.9. The van der Waals surface area contributed by atoms with Gasteiger partial charge in [0.25, 0.3) is 0 Å². The van der Waals surface area contributed by atoms with Gasteiger partial charge in [0, 0.05) is 36.9 Å². The Kier molecular flexibility index (Phi) is 12.3. The van der Waals surface area contributed by atoms with Crippen LogP contribution in [0.4, 0.5) is 4.79 Å². The van der Waals surface area contributed by atoms with Crippen LogP contribution in [-0.4, -0.2) is 91.2 Å². The lowest BCUT2D eigenvalue weighted by atomic mass is 10.0. The van der Waals surface area contributed by atoms with Gasteiger partial charge in [-0.1, -0.05) is 6.42 Å². The maximum Gasteiger partial charge on any atom is 0.315 e. The van der Waals surface area contributed by atoms with Crippen molar-refractivity contribution in [1.82, 2.24) is 21.3 Å². The number of rotatable bonds is 17. The van der Waals surface area contributed by atoms with Gasteiger partial charge in [0.05, 0.1) is 44.1 Å². The number of aliphatic hydroxyl groups is 1. The molecule has 0 saturated carbocycles. The summed E-state index contributed by atoms with van der Waals surface area (Å²) in [6.45, 7) is 5.92. The Morgan fingerprint density at radius 2 is 1.67 bits per heavy atom. The number of fused-ring (bicyclic) bond motifs is 1. The van der Waals surface area contributed by atoms with Crippen molar-refractivity contribution in [3.8, 4) is 0 Å². The number of nitrogens with one attached hydrogen (secondary N) is 4. The van der Waals surface area contributed by atoms with Gasteiger partial charge in [-0.2, -0.15) is 11.8 Å². The maximum absolute atomic E-state index is 11.9. The Morgan fingerprint density at radius 1 is 1.03 bits per heavy atom. The van der Waals surface area contributed by atoms with Gasteiger partial charge in [0.15, 0.2) is 0 Å². The quantitative estimate of drug-likeness (QED) is 0.149. The summed E-state index contributed by atoms with van der Waals surface area (Å²) in [7, 11) is 0. The van der Waals surface area contributed by atoms with Crippen molar-refractivity contribution >= 4 is 29.6 Å². The van der Waals surface area contributed by atoms with Crippen molar-refractivity contribution in [2.24, 2.45) is 0 Å². The van der Waals surface area contributed by atoms with Gasteiger partial charge in [0.1, 0.15) is 0 Å². The summed E-state index contributed by atoms with van der Waals surface area (Å²) in [5, 5.41) is 21.6. The molecule has 0 bridgehead atoms. The lowest BCUT2D eigenvalue weighted by Gasteiger charge is -2.16. The number of carbonyl (C=O) groups is 3. The molecule has 11 heteroatoms. The summed E-state index contributed by atoms with van der Waals surface area (Å²) in [6, 6.07) is 0.407. The highest BCUT2D eigenvalue weighted by atomic mass is 32.2. The Bertz CT molecular complexity index is 630. The van der Waals surface area contributed by atoms with E-state index in [2.05, 4.69) is 21.3 Å². The average Bonchev–Trinajstić information content (AvgIpc) is 3.29. The Hall–Kier alpha value is -1.56. The van der Waals surface area contributed by atoms with E-state index in [0.717, 1.165) is 25.0 Å². The van der Waals surface area contributed by atoms with Gasteiger partial charge in [-0.3, -0.25) is 9.59 Å². The molecule has 0 aromatic rings. The molecule has 3 atom stereocenters. The molecule has 2 aliphatic rings. The molecule has 0 radical (unpaired) electrons. The zero-order valence-corrected chi connectivity index (χ0v) is 20.6. The third kappa shape index (κ3) is 11.9. The van der Waals surface area contributed by atoms with Crippen LogP contribution < -0.4 is 21.3 Å². The van der Waals surface area contributed by atoms with E-state index in [1.807, 2.05) is 11.8 Å². The molecular formula is C22H40N4O6S. The van der Waals surface area contributed by atoms with Crippen molar-refractivity contribution in [1.29, 1.82) is 0 Å². The molecule has 33 heavy (non-hydrogen) atoms. The van der Waals surface area contributed by atoms with Gasteiger partial charge in [-0.25, -0.2) is 4.79 Å². The summed E-state index contributed by atoms with van der Waals surface area (Å²) in [5.74, 6) is 0.890. The van der Waals surface area contributed by atoms with Crippen molar-refractivity contribution in [2.45, 2.75) is 75.3 Å². The number of hydrogen-bond donors (Lipinski definition) is 5. The first kappa shape index (κ1) is 27.7. The smallest absolute Gasteiger partial charge is 0.315 e. The van der Waals surface area contributed by atoms with Gasteiger partial charge in [0.2, 0.25) is 11.8 Å². The van der Waals surface area contributed by atoms with Crippen LogP contribution in [0.15, 0.2) is 0 Å². The van der Waals surface area contributed by atoms with Gasteiger partial charge >= 0.3 is 6.03 Å². The molecule has 0 aromatic heterocycles. The zero-order valence-electron chi connectivity index (χ0n) is 19.8. The first-order chi connectivity index (χ1) is 15.7. The second-order valence-electron chi connectivity index (χ2n) is 9.10. The van der Waals surface area contributed by atoms with Crippen LogP contribution in [0.5, 0.6) is 0 Å².